The third-order valence-corrected chi connectivity index (χ3v) is 1.50. The zero-order chi connectivity index (χ0) is 8.10. The Hall–Kier alpha value is -1.25. The second-order valence-electron chi connectivity index (χ2n) is 2.34. The van der Waals surface area contributed by atoms with Gasteiger partial charge in [0.05, 0.1) is 0 Å². The van der Waals surface area contributed by atoms with E-state index in [0.29, 0.717) is 5.96 Å². The molecule has 1 fully saturated rings. The quantitative estimate of drug-likeness (QED) is 0.576. The van der Waals surface area contributed by atoms with Gasteiger partial charge in [-0.1, -0.05) is 12.2 Å². The summed E-state index contributed by atoms with van der Waals surface area (Å²) in [4.78, 5) is 1.88. The first-order valence-corrected chi connectivity index (χ1v) is 3.73. The summed E-state index contributed by atoms with van der Waals surface area (Å²) in [6, 6.07) is 0. The summed E-state index contributed by atoms with van der Waals surface area (Å²) in [6.07, 6.45) is 7.75. The van der Waals surface area contributed by atoms with Crippen molar-refractivity contribution in [2.75, 3.05) is 13.1 Å². The van der Waals surface area contributed by atoms with Gasteiger partial charge in [0.2, 0.25) is 0 Å². The van der Waals surface area contributed by atoms with E-state index in [2.05, 4.69) is 5.32 Å². The zero-order valence-electron chi connectivity index (χ0n) is 6.67. The first kappa shape index (κ1) is 7.85. The molecule has 0 atom stereocenters. The summed E-state index contributed by atoms with van der Waals surface area (Å²) in [5.74, 6) is 0.491. The van der Waals surface area contributed by atoms with Crippen LogP contribution in [0.1, 0.15) is 6.92 Å². The predicted octanol–water partition coefficient (Wildman–Crippen LogP) is 0.916. The van der Waals surface area contributed by atoms with Crippen LogP contribution in [0.25, 0.3) is 0 Å². The van der Waals surface area contributed by atoms with Crippen LogP contribution >= 0.6 is 0 Å². The highest BCUT2D eigenvalue weighted by Crippen LogP contribution is 1.95. The molecule has 0 spiro atoms. The molecular weight excluding hydrogens is 138 g/mol. The molecule has 1 rings (SSSR count). The third-order valence-electron chi connectivity index (χ3n) is 1.50. The number of nitrogens with zero attached hydrogens (tertiary/aromatic N) is 1. The van der Waals surface area contributed by atoms with Gasteiger partial charge in [-0.05, 0) is 13.0 Å². The van der Waals surface area contributed by atoms with Gasteiger partial charge in [-0.15, -0.1) is 0 Å². The normalized spacial score (nSPS) is 18.6. The molecule has 3 nitrogen and oxygen atoms in total. The maximum absolute atomic E-state index is 7.38. The highest BCUT2D eigenvalue weighted by atomic mass is 15.3. The summed E-state index contributed by atoms with van der Waals surface area (Å²) in [5, 5.41) is 10.3. The molecular formula is C8H13N3. The van der Waals surface area contributed by atoms with E-state index >= 15 is 0 Å². The number of hydrogen-bond acceptors (Lipinski definition) is 1. The smallest absolute Gasteiger partial charge is 0.195 e. The Morgan fingerprint density at radius 1 is 1.55 bits per heavy atom. The molecule has 2 N–H and O–H groups in total. The van der Waals surface area contributed by atoms with Crippen LogP contribution in [0.5, 0.6) is 0 Å². The SMILES string of the molecule is CC=CC=CN1CCNC1=N. The van der Waals surface area contributed by atoms with Gasteiger partial charge in [0.25, 0.3) is 0 Å². The Labute approximate surface area is 66.9 Å². The Morgan fingerprint density at radius 2 is 2.36 bits per heavy atom. The van der Waals surface area contributed by atoms with Crippen LogP contribution < -0.4 is 5.32 Å². The minimum Gasteiger partial charge on any atom is -0.354 e. The molecule has 0 aromatic heterocycles. The fraction of sp³-hybridized carbons (Fsp3) is 0.375. The van der Waals surface area contributed by atoms with Crippen molar-refractivity contribution >= 4 is 5.96 Å². The van der Waals surface area contributed by atoms with Crippen molar-refractivity contribution in [1.29, 1.82) is 5.41 Å². The van der Waals surface area contributed by atoms with Crippen molar-refractivity contribution in [3.63, 3.8) is 0 Å². The lowest BCUT2D eigenvalue weighted by Crippen LogP contribution is -2.23. The molecule has 0 bridgehead atoms. The van der Waals surface area contributed by atoms with E-state index in [1.54, 1.807) is 0 Å². The van der Waals surface area contributed by atoms with Crippen molar-refractivity contribution in [3.8, 4) is 0 Å². The molecule has 0 saturated carbocycles. The molecule has 0 aliphatic carbocycles. The highest BCUT2D eigenvalue weighted by molar-refractivity contribution is 5.79. The van der Waals surface area contributed by atoms with E-state index in [1.807, 2.05) is 36.3 Å². The molecule has 3 heteroatoms. The van der Waals surface area contributed by atoms with Gasteiger partial charge in [-0.2, -0.15) is 0 Å². The standard InChI is InChI=1S/C8H13N3/c1-2-3-4-6-11-7-5-10-8(11)9/h2-4,6H,5,7H2,1H3,(H2,9,10). The van der Waals surface area contributed by atoms with Gasteiger partial charge in [-0.25, -0.2) is 0 Å². The first-order chi connectivity index (χ1) is 5.34. The largest absolute Gasteiger partial charge is 0.354 e. The Kier molecular flexibility index (Phi) is 2.72. The van der Waals surface area contributed by atoms with Gasteiger partial charge in [0.1, 0.15) is 0 Å². The number of guanidine groups is 1. The van der Waals surface area contributed by atoms with Crippen molar-refractivity contribution < 1.29 is 0 Å². The van der Waals surface area contributed by atoms with E-state index in [1.165, 1.54) is 0 Å². The first-order valence-electron chi connectivity index (χ1n) is 3.73. The third kappa shape index (κ3) is 2.11. The second-order valence-corrected chi connectivity index (χ2v) is 2.34. The van der Waals surface area contributed by atoms with Crippen LogP contribution in [0.2, 0.25) is 0 Å². The lowest BCUT2D eigenvalue weighted by molar-refractivity contribution is 0.616. The fourth-order valence-corrected chi connectivity index (χ4v) is 0.922. The van der Waals surface area contributed by atoms with Gasteiger partial charge >= 0.3 is 0 Å². The van der Waals surface area contributed by atoms with Crippen LogP contribution in [0.15, 0.2) is 24.4 Å². The van der Waals surface area contributed by atoms with Gasteiger partial charge in [0, 0.05) is 19.3 Å². The van der Waals surface area contributed by atoms with Crippen LogP contribution in [0, 0.1) is 5.41 Å². The summed E-state index contributed by atoms with van der Waals surface area (Å²) in [7, 11) is 0. The molecule has 1 aliphatic heterocycles. The van der Waals surface area contributed by atoms with Crippen LogP contribution in [0.4, 0.5) is 0 Å². The molecule has 1 saturated heterocycles. The monoisotopic (exact) mass is 151 g/mol. The average Bonchev–Trinajstić information content (AvgIpc) is 2.37. The fourth-order valence-electron chi connectivity index (χ4n) is 0.922. The van der Waals surface area contributed by atoms with Crippen molar-refractivity contribution in [2.45, 2.75) is 6.92 Å². The molecule has 60 valence electrons. The lowest BCUT2D eigenvalue weighted by Gasteiger charge is -2.08. The van der Waals surface area contributed by atoms with Crippen LogP contribution in [-0.4, -0.2) is 23.9 Å². The molecule has 0 amide bonds. The van der Waals surface area contributed by atoms with E-state index in [0.717, 1.165) is 13.1 Å². The second kappa shape index (κ2) is 3.81. The molecule has 0 aromatic carbocycles. The molecule has 1 aliphatic rings. The number of hydrogen-bond donors (Lipinski definition) is 2. The Balaban J connectivity index is 2.42. The van der Waals surface area contributed by atoms with E-state index in [4.69, 9.17) is 5.41 Å². The predicted molar refractivity (Wildman–Crippen MR) is 46.4 cm³/mol. The summed E-state index contributed by atoms with van der Waals surface area (Å²) in [6.45, 7) is 3.74. The minimum absolute atomic E-state index is 0.491. The van der Waals surface area contributed by atoms with E-state index < -0.39 is 0 Å². The molecule has 0 unspecified atom stereocenters. The summed E-state index contributed by atoms with van der Waals surface area (Å²) < 4.78 is 0. The molecule has 1 heterocycles. The van der Waals surface area contributed by atoms with Gasteiger partial charge in [0.15, 0.2) is 5.96 Å². The maximum Gasteiger partial charge on any atom is 0.195 e. The highest BCUT2D eigenvalue weighted by Gasteiger charge is 2.11. The van der Waals surface area contributed by atoms with Crippen molar-refractivity contribution in [1.82, 2.24) is 10.2 Å². The molecule has 0 aromatic rings. The van der Waals surface area contributed by atoms with E-state index in [-0.39, 0.29) is 0 Å². The van der Waals surface area contributed by atoms with Crippen LogP contribution in [0.3, 0.4) is 0 Å². The zero-order valence-corrected chi connectivity index (χ0v) is 6.67. The Morgan fingerprint density at radius 3 is 2.91 bits per heavy atom. The number of nitrogens with one attached hydrogen (secondary N) is 2. The Bertz CT molecular complexity index is 194. The summed E-state index contributed by atoms with van der Waals surface area (Å²) in [5.41, 5.74) is 0. The molecule has 11 heavy (non-hydrogen) atoms. The van der Waals surface area contributed by atoms with Crippen LogP contribution in [-0.2, 0) is 0 Å². The summed E-state index contributed by atoms with van der Waals surface area (Å²) >= 11 is 0. The van der Waals surface area contributed by atoms with Crippen molar-refractivity contribution in [3.05, 3.63) is 24.4 Å². The minimum atomic E-state index is 0.491. The molecule has 0 radical (unpaired) electrons. The maximum atomic E-state index is 7.38. The van der Waals surface area contributed by atoms with E-state index in [9.17, 15) is 0 Å². The topological polar surface area (TPSA) is 39.1 Å². The van der Waals surface area contributed by atoms with Gasteiger partial charge in [-0.3, -0.25) is 5.41 Å². The number of allylic oxidation sites excluding steroid dienone is 3. The number of rotatable bonds is 2. The average molecular weight is 151 g/mol. The van der Waals surface area contributed by atoms with Crippen molar-refractivity contribution in [2.24, 2.45) is 0 Å². The van der Waals surface area contributed by atoms with Gasteiger partial charge < -0.3 is 10.2 Å². The lowest BCUT2D eigenvalue weighted by atomic mass is 10.5.